The Labute approximate surface area is 148 Å². The molecule has 5 heteroatoms. The zero-order chi connectivity index (χ0) is 18.1. The van der Waals surface area contributed by atoms with Crippen molar-refractivity contribution in [1.29, 1.82) is 0 Å². The van der Waals surface area contributed by atoms with Gasteiger partial charge in [0.1, 0.15) is 5.75 Å². The third-order valence-corrected chi connectivity index (χ3v) is 3.86. The van der Waals surface area contributed by atoms with Gasteiger partial charge in [0.25, 0.3) is 5.91 Å². The summed E-state index contributed by atoms with van der Waals surface area (Å²) in [6, 6.07) is 13.5. The average molecular weight is 340 g/mol. The van der Waals surface area contributed by atoms with Crippen LogP contribution in [0.25, 0.3) is 0 Å². The fraction of sp³-hybridized carbons (Fsp3) is 0.300. The summed E-state index contributed by atoms with van der Waals surface area (Å²) in [6.45, 7) is 3.99. The Morgan fingerprint density at radius 2 is 1.76 bits per heavy atom. The van der Waals surface area contributed by atoms with Crippen molar-refractivity contribution in [3.63, 3.8) is 0 Å². The molecule has 0 aromatic heterocycles. The first-order chi connectivity index (χ1) is 12.2. The van der Waals surface area contributed by atoms with E-state index in [0.717, 1.165) is 35.2 Å². The predicted octanol–water partition coefficient (Wildman–Crippen LogP) is 3.81. The molecule has 1 amide bonds. The number of hydrogen-bond donors (Lipinski definition) is 1. The van der Waals surface area contributed by atoms with Crippen LogP contribution in [0.3, 0.4) is 0 Å². The molecule has 0 heterocycles. The van der Waals surface area contributed by atoms with Crippen LogP contribution in [0.1, 0.15) is 30.5 Å². The van der Waals surface area contributed by atoms with Crippen LogP contribution in [-0.4, -0.2) is 25.8 Å². The van der Waals surface area contributed by atoms with Crippen molar-refractivity contribution >= 4 is 17.8 Å². The molecule has 2 aromatic rings. The Bertz CT molecular complexity index is 719. The van der Waals surface area contributed by atoms with Crippen LogP contribution in [-0.2, 0) is 22.5 Å². The van der Waals surface area contributed by atoms with Gasteiger partial charge in [-0.2, -0.15) is 0 Å². The highest BCUT2D eigenvalue weighted by Gasteiger charge is 2.10. The molecule has 0 spiro atoms. The topological polar surface area (TPSA) is 59.9 Å². The third kappa shape index (κ3) is 5.08. The average Bonchev–Trinajstić information content (AvgIpc) is 2.65. The van der Waals surface area contributed by atoms with E-state index in [1.807, 2.05) is 42.5 Å². The van der Waals surface area contributed by atoms with Crippen molar-refractivity contribution < 1.29 is 14.4 Å². The van der Waals surface area contributed by atoms with Gasteiger partial charge in [-0.25, -0.2) is 0 Å². The van der Waals surface area contributed by atoms with Gasteiger partial charge in [-0.1, -0.05) is 49.3 Å². The SMILES string of the molecule is CCc1cccc(CC)c1NC(=O)CO/N=C\c1ccccc1OC. The minimum absolute atomic E-state index is 0.146. The Kier molecular flexibility index (Phi) is 7.01. The first-order valence-corrected chi connectivity index (χ1v) is 8.38. The highest BCUT2D eigenvalue weighted by molar-refractivity contribution is 5.93. The number of benzene rings is 2. The van der Waals surface area contributed by atoms with Crippen LogP contribution < -0.4 is 10.1 Å². The van der Waals surface area contributed by atoms with Gasteiger partial charge in [0.2, 0.25) is 0 Å². The standard InChI is InChI=1S/C20H24N2O3/c1-4-15-10-8-11-16(5-2)20(15)22-19(23)14-25-21-13-17-9-6-7-12-18(17)24-3/h6-13H,4-5,14H2,1-3H3,(H,22,23)/b21-13-. The molecule has 0 saturated heterocycles. The number of methoxy groups -OCH3 is 1. The predicted molar refractivity (Wildman–Crippen MR) is 100 cm³/mol. The van der Waals surface area contributed by atoms with Crippen molar-refractivity contribution in [3.8, 4) is 5.75 Å². The van der Waals surface area contributed by atoms with E-state index in [-0.39, 0.29) is 12.5 Å². The Hall–Kier alpha value is -2.82. The summed E-state index contributed by atoms with van der Waals surface area (Å²) in [5.41, 5.74) is 3.90. The maximum Gasteiger partial charge on any atom is 0.265 e. The number of amides is 1. The molecule has 0 unspecified atom stereocenters. The zero-order valence-corrected chi connectivity index (χ0v) is 14.9. The maximum atomic E-state index is 12.1. The summed E-state index contributed by atoms with van der Waals surface area (Å²) in [6.07, 6.45) is 3.25. The fourth-order valence-electron chi connectivity index (χ4n) is 2.54. The third-order valence-electron chi connectivity index (χ3n) is 3.86. The van der Waals surface area contributed by atoms with E-state index in [0.29, 0.717) is 5.75 Å². The number of aryl methyl sites for hydroxylation is 2. The smallest absolute Gasteiger partial charge is 0.265 e. The van der Waals surface area contributed by atoms with Crippen LogP contribution in [0, 0.1) is 0 Å². The van der Waals surface area contributed by atoms with Crippen molar-refractivity contribution in [2.24, 2.45) is 5.16 Å². The molecule has 0 aliphatic rings. The molecule has 5 nitrogen and oxygen atoms in total. The van der Waals surface area contributed by atoms with Gasteiger partial charge in [0, 0.05) is 11.3 Å². The zero-order valence-electron chi connectivity index (χ0n) is 14.9. The normalized spacial score (nSPS) is 10.7. The van der Waals surface area contributed by atoms with Crippen molar-refractivity contribution in [1.82, 2.24) is 0 Å². The monoisotopic (exact) mass is 340 g/mol. The van der Waals surface area contributed by atoms with E-state index in [1.165, 1.54) is 6.21 Å². The second-order valence-corrected chi connectivity index (χ2v) is 5.46. The number of hydrogen-bond acceptors (Lipinski definition) is 4. The summed E-state index contributed by atoms with van der Waals surface area (Å²) in [5, 5.41) is 6.79. The van der Waals surface area contributed by atoms with Gasteiger partial charge in [0.05, 0.1) is 13.3 Å². The Morgan fingerprint density at radius 3 is 2.40 bits per heavy atom. The van der Waals surface area contributed by atoms with Gasteiger partial charge < -0.3 is 14.9 Å². The summed E-state index contributed by atoms with van der Waals surface area (Å²) in [7, 11) is 1.59. The van der Waals surface area contributed by atoms with E-state index in [1.54, 1.807) is 7.11 Å². The van der Waals surface area contributed by atoms with Crippen molar-refractivity contribution in [2.45, 2.75) is 26.7 Å². The van der Waals surface area contributed by atoms with Crippen LogP contribution in [0.15, 0.2) is 47.6 Å². The largest absolute Gasteiger partial charge is 0.496 e. The molecule has 0 bridgehead atoms. The van der Waals surface area contributed by atoms with Crippen LogP contribution >= 0.6 is 0 Å². The second kappa shape index (κ2) is 9.47. The van der Waals surface area contributed by atoms with Crippen molar-refractivity contribution in [2.75, 3.05) is 19.0 Å². The van der Waals surface area contributed by atoms with Crippen molar-refractivity contribution in [3.05, 3.63) is 59.2 Å². The number of ether oxygens (including phenoxy) is 1. The maximum absolute atomic E-state index is 12.1. The quantitative estimate of drug-likeness (QED) is 0.587. The van der Waals surface area contributed by atoms with E-state index >= 15 is 0 Å². The summed E-state index contributed by atoms with van der Waals surface area (Å²) in [4.78, 5) is 17.3. The Morgan fingerprint density at radius 1 is 1.08 bits per heavy atom. The molecule has 0 fully saturated rings. The summed E-state index contributed by atoms with van der Waals surface area (Å²) in [5.74, 6) is 0.469. The number of nitrogens with zero attached hydrogens (tertiary/aromatic N) is 1. The van der Waals surface area contributed by atoms with Gasteiger partial charge >= 0.3 is 0 Å². The molecule has 0 atom stereocenters. The molecule has 0 aliphatic heterocycles. The van der Waals surface area contributed by atoms with Gasteiger partial charge in [-0.15, -0.1) is 0 Å². The first-order valence-electron chi connectivity index (χ1n) is 8.38. The number of nitrogens with one attached hydrogen (secondary N) is 1. The lowest BCUT2D eigenvalue weighted by molar-refractivity contribution is -0.120. The number of para-hydroxylation sites is 2. The van der Waals surface area contributed by atoms with Crippen LogP contribution in [0.4, 0.5) is 5.69 Å². The minimum atomic E-state index is -0.229. The molecular formula is C20H24N2O3. The fourth-order valence-corrected chi connectivity index (χ4v) is 2.54. The lowest BCUT2D eigenvalue weighted by atomic mass is 10.0. The first kappa shape index (κ1) is 18.5. The van der Waals surface area contributed by atoms with Gasteiger partial charge in [0.15, 0.2) is 6.61 Å². The number of anilines is 1. The van der Waals surface area contributed by atoms with Crippen LogP contribution in [0.2, 0.25) is 0 Å². The molecule has 132 valence electrons. The highest BCUT2D eigenvalue weighted by Crippen LogP contribution is 2.22. The number of rotatable bonds is 8. The molecule has 2 rings (SSSR count). The van der Waals surface area contributed by atoms with Gasteiger partial charge in [-0.05, 0) is 36.1 Å². The molecule has 0 saturated carbocycles. The Balaban J connectivity index is 1.94. The van der Waals surface area contributed by atoms with Crippen LogP contribution in [0.5, 0.6) is 5.75 Å². The lowest BCUT2D eigenvalue weighted by Gasteiger charge is -2.13. The lowest BCUT2D eigenvalue weighted by Crippen LogP contribution is -2.19. The number of oxime groups is 1. The molecule has 25 heavy (non-hydrogen) atoms. The van der Waals surface area contributed by atoms with E-state index in [4.69, 9.17) is 9.57 Å². The summed E-state index contributed by atoms with van der Waals surface area (Å²) < 4.78 is 5.23. The van der Waals surface area contributed by atoms with E-state index in [9.17, 15) is 4.79 Å². The molecular weight excluding hydrogens is 316 g/mol. The van der Waals surface area contributed by atoms with E-state index in [2.05, 4.69) is 24.3 Å². The molecule has 2 aromatic carbocycles. The molecule has 0 radical (unpaired) electrons. The second-order valence-electron chi connectivity index (χ2n) is 5.46. The highest BCUT2D eigenvalue weighted by atomic mass is 16.6. The minimum Gasteiger partial charge on any atom is -0.496 e. The summed E-state index contributed by atoms with van der Waals surface area (Å²) >= 11 is 0. The molecule has 0 aliphatic carbocycles. The number of carbonyl (C=O) groups is 1. The number of carbonyl (C=O) groups excluding carboxylic acids is 1. The molecule has 1 N–H and O–H groups in total. The van der Waals surface area contributed by atoms with Gasteiger partial charge in [-0.3, -0.25) is 4.79 Å². The van der Waals surface area contributed by atoms with E-state index < -0.39 is 0 Å².